The number of hydrogen-bond donors (Lipinski definition) is 1. The van der Waals surface area contributed by atoms with Crippen LogP contribution in [0.15, 0.2) is 46.7 Å². The lowest BCUT2D eigenvalue weighted by atomic mass is 10.2. The summed E-state index contributed by atoms with van der Waals surface area (Å²) < 4.78 is 7.85. The van der Waals surface area contributed by atoms with Crippen LogP contribution >= 0.6 is 11.3 Å². The van der Waals surface area contributed by atoms with E-state index in [0.29, 0.717) is 22.6 Å². The second kappa shape index (κ2) is 8.11. The van der Waals surface area contributed by atoms with Crippen LogP contribution in [0.1, 0.15) is 23.0 Å². The molecule has 4 rings (SSSR count). The molecule has 154 valence electrons. The van der Waals surface area contributed by atoms with E-state index in [0.717, 1.165) is 27.4 Å². The summed E-state index contributed by atoms with van der Waals surface area (Å²) in [7, 11) is 1.28. The van der Waals surface area contributed by atoms with E-state index in [1.807, 2.05) is 35.8 Å². The van der Waals surface area contributed by atoms with Gasteiger partial charge in [0.05, 0.1) is 19.0 Å². The molecule has 1 amide bonds. The number of thiophene rings is 1. The molecule has 9 heteroatoms. The largest absolute Gasteiger partial charge is 0.465 e. The highest BCUT2D eigenvalue weighted by Crippen LogP contribution is 2.26. The van der Waals surface area contributed by atoms with Gasteiger partial charge in [0.15, 0.2) is 0 Å². The van der Waals surface area contributed by atoms with Crippen molar-refractivity contribution in [1.82, 2.24) is 14.3 Å². The van der Waals surface area contributed by atoms with Crippen molar-refractivity contribution in [3.8, 4) is 0 Å². The molecule has 0 saturated heterocycles. The normalized spacial score (nSPS) is 11.1. The summed E-state index contributed by atoms with van der Waals surface area (Å²) in [5.41, 5.74) is 1.53. The van der Waals surface area contributed by atoms with Crippen molar-refractivity contribution in [3.63, 3.8) is 0 Å². The topological polar surface area (TPSA) is 95.2 Å². The van der Waals surface area contributed by atoms with Gasteiger partial charge in [0.2, 0.25) is 5.91 Å². The van der Waals surface area contributed by atoms with Gasteiger partial charge in [-0.15, -0.1) is 11.3 Å². The Kier molecular flexibility index (Phi) is 5.37. The van der Waals surface area contributed by atoms with Crippen molar-refractivity contribution in [3.05, 3.63) is 57.1 Å². The summed E-state index contributed by atoms with van der Waals surface area (Å²) >= 11 is 1.17. The Hall–Kier alpha value is -3.46. The van der Waals surface area contributed by atoms with Crippen molar-refractivity contribution in [2.24, 2.45) is 0 Å². The average molecular weight is 424 g/mol. The Balaban J connectivity index is 1.69. The van der Waals surface area contributed by atoms with Crippen molar-refractivity contribution < 1.29 is 14.3 Å². The maximum absolute atomic E-state index is 13.2. The molecule has 3 heterocycles. The molecule has 30 heavy (non-hydrogen) atoms. The number of rotatable bonds is 6. The van der Waals surface area contributed by atoms with Crippen LogP contribution in [0.3, 0.4) is 0 Å². The van der Waals surface area contributed by atoms with Gasteiger partial charge in [0.1, 0.15) is 16.9 Å². The van der Waals surface area contributed by atoms with E-state index in [9.17, 15) is 14.4 Å². The van der Waals surface area contributed by atoms with E-state index >= 15 is 0 Å². The quantitative estimate of drug-likeness (QED) is 0.480. The molecule has 0 fully saturated rings. The maximum atomic E-state index is 13.2. The molecule has 0 unspecified atom stereocenters. The summed E-state index contributed by atoms with van der Waals surface area (Å²) in [6.45, 7) is 2.47. The van der Waals surface area contributed by atoms with Gasteiger partial charge in [-0.25, -0.2) is 9.48 Å². The lowest BCUT2D eigenvalue weighted by Gasteiger charge is -2.08. The first-order valence-corrected chi connectivity index (χ1v) is 10.4. The summed E-state index contributed by atoms with van der Waals surface area (Å²) in [6, 6.07) is 9.43. The molecule has 0 spiro atoms. The van der Waals surface area contributed by atoms with Crippen LogP contribution in [0.4, 0.5) is 5.69 Å². The number of amides is 1. The Morgan fingerprint density at radius 2 is 2.00 bits per heavy atom. The molecule has 0 saturated carbocycles. The zero-order valence-corrected chi connectivity index (χ0v) is 17.4. The van der Waals surface area contributed by atoms with Gasteiger partial charge >= 0.3 is 5.97 Å². The van der Waals surface area contributed by atoms with E-state index in [2.05, 4.69) is 10.4 Å². The van der Waals surface area contributed by atoms with Crippen molar-refractivity contribution in [2.75, 3.05) is 12.4 Å². The Morgan fingerprint density at radius 1 is 1.20 bits per heavy atom. The SMILES string of the molecule is CCCn1c2ccccc2c2cnn(CC(=O)Nc3ccsc3C(=O)OC)c(=O)c21. The number of hydrogen-bond acceptors (Lipinski definition) is 6. The number of aromatic nitrogens is 3. The minimum Gasteiger partial charge on any atom is -0.465 e. The van der Waals surface area contributed by atoms with E-state index < -0.39 is 11.9 Å². The molecule has 0 aliphatic heterocycles. The number of ether oxygens (including phenoxy) is 1. The first-order valence-electron chi connectivity index (χ1n) is 9.47. The Morgan fingerprint density at radius 3 is 2.77 bits per heavy atom. The minimum atomic E-state index is -0.527. The van der Waals surface area contributed by atoms with Crippen LogP contribution < -0.4 is 10.9 Å². The molecule has 0 bridgehead atoms. The third-order valence-corrected chi connectivity index (χ3v) is 5.72. The monoisotopic (exact) mass is 424 g/mol. The fourth-order valence-corrected chi connectivity index (χ4v) is 4.31. The minimum absolute atomic E-state index is 0.265. The third-order valence-electron chi connectivity index (χ3n) is 4.82. The van der Waals surface area contributed by atoms with E-state index in [1.54, 1.807) is 17.6 Å². The van der Waals surface area contributed by atoms with Crippen LogP contribution in [-0.2, 0) is 22.6 Å². The number of anilines is 1. The predicted molar refractivity (Wildman–Crippen MR) is 116 cm³/mol. The number of para-hydroxylation sites is 1. The second-order valence-electron chi connectivity index (χ2n) is 6.74. The fourth-order valence-electron chi connectivity index (χ4n) is 3.55. The first-order chi connectivity index (χ1) is 14.5. The number of carbonyl (C=O) groups excluding carboxylic acids is 2. The van der Waals surface area contributed by atoms with Gasteiger partial charge in [-0.3, -0.25) is 9.59 Å². The molecule has 4 aromatic rings. The van der Waals surface area contributed by atoms with Crippen LogP contribution in [0.5, 0.6) is 0 Å². The van der Waals surface area contributed by atoms with E-state index in [4.69, 9.17) is 4.74 Å². The number of carbonyl (C=O) groups is 2. The molecule has 0 aliphatic rings. The van der Waals surface area contributed by atoms with Crippen molar-refractivity contribution in [2.45, 2.75) is 26.4 Å². The lowest BCUT2D eigenvalue weighted by Crippen LogP contribution is -2.30. The predicted octanol–water partition coefficient (Wildman–Crippen LogP) is 3.25. The summed E-state index contributed by atoms with van der Waals surface area (Å²) in [5.74, 6) is -0.980. The fraction of sp³-hybridized carbons (Fsp3) is 0.238. The van der Waals surface area contributed by atoms with E-state index in [-0.39, 0.29) is 12.1 Å². The van der Waals surface area contributed by atoms with Crippen LogP contribution in [0.2, 0.25) is 0 Å². The number of nitrogens with one attached hydrogen (secondary N) is 1. The Labute approximate surface area is 175 Å². The number of nitrogens with zero attached hydrogens (tertiary/aromatic N) is 3. The number of aryl methyl sites for hydroxylation is 1. The zero-order chi connectivity index (χ0) is 21.3. The molecule has 0 radical (unpaired) electrons. The van der Waals surface area contributed by atoms with Crippen LogP contribution in [0.25, 0.3) is 21.8 Å². The zero-order valence-electron chi connectivity index (χ0n) is 16.5. The average Bonchev–Trinajstić information content (AvgIpc) is 3.33. The first kappa shape index (κ1) is 19.8. The molecule has 1 aromatic carbocycles. The molecule has 0 atom stereocenters. The van der Waals surface area contributed by atoms with Crippen LogP contribution in [-0.4, -0.2) is 33.3 Å². The molecule has 3 aromatic heterocycles. The summed E-state index contributed by atoms with van der Waals surface area (Å²) in [4.78, 5) is 37.8. The molecular formula is C21H20N4O4S. The van der Waals surface area contributed by atoms with Gasteiger partial charge in [0, 0.05) is 22.8 Å². The molecule has 1 N–H and O–H groups in total. The van der Waals surface area contributed by atoms with Gasteiger partial charge in [-0.1, -0.05) is 25.1 Å². The number of esters is 1. The van der Waals surface area contributed by atoms with E-state index in [1.165, 1.54) is 18.4 Å². The third kappa shape index (κ3) is 3.37. The van der Waals surface area contributed by atoms with Gasteiger partial charge in [-0.2, -0.15) is 5.10 Å². The highest BCUT2D eigenvalue weighted by molar-refractivity contribution is 7.12. The highest BCUT2D eigenvalue weighted by Gasteiger charge is 2.19. The molecule has 0 aliphatic carbocycles. The highest BCUT2D eigenvalue weighted by atomic mass is 32.1. The lowest BCUT2D eigenvalue weighted by molar-refractivity contribution is -0.117. The molecular weight excluding hydrogens is 404 g/mol. The summed E-state index contributed by atoms with van der Waals surface area (Å²) in [5, 5.41) is 10.3. The molecule has 8 nitrogen and oxygen atoms in total. The van der Waals surface area contributed by atoms with Gasteiger partial charge in [0.25, 0.3) is 5.56 Å². The smallest absolute Gasteiger partial charge is 0.350 e. The van der Waals surface area contributed by atoms with Crippen LogP contribution in [0, 0.1) is 0 Å². The van der Waals surface area contributed by atoms with Gasteiger partial charge < -0.3 is 14.6 Å². The van der Waals surface area contributed by atoms with Crippen molar-refractivity contribution >= 4 is 50.7 Å². The Bertz CT molecular complexity index is 1320. The standard InChI is InChI=1S/C21H20N4O4S/c1-3-9-24-16-7-5-4-6-13(16)14-11-22-25(20(27)18(14)24)12-17(26)23-15-8-10-30-19(15)21(28)29-2/h4-8,10-11H,3,9,12H2,1-2H3,(H,23,26). The number of fused-ring (bicyclic) bond motifs is 3. The maximum Gasteiger partial charge on any atom is 0.350 e. The summed E-state index contributed by atoms with van der Waals surface area (Å²) in [6.07, 6.45) is 2.49. The number of methoxy groups -OCH3 is 1. The number of benzene rings is 1. The second-order valence-corrected chi connectivity index (χ2v) is 7.66. The van der Waals surface area contributed by atoms with Gasteiger partial charge in [-0.05, 0) is 23.9 Å². The van der Waals surface area contributed by atoms with Crippen molar-refractivity contribution in [1.29, 1.82) is 0 Å².